The summed E-state index contributed by atoms with van der Waals surface area (Å²) in [6.45, 7) is 3.97. The molecule has 1 spiro atoms. The van der Waals surface area contributed by atoms with Crippen LogP contribution in [0.3, 0.4) is 0 Å². The Kier molecular flexibility index (Phi) is 6.80. The smallest absolute Gasteiger partial charge is 0.237 e. The monoisotopic (exact) mass is 568 g/mol. The number of hydrogen-bond acceptors (Lipinski definition) is 3. The van der Waals surface area contributed by atoms with Gasteiger partial charge in [-0.2, -0.15) is 0 Å². The van der Waals surface area contributed by atoms with Gasteiger partial charge < -0.3 is 15.4 Å². The van der Waals surface area contributed by atoms with Gasteiger partial charge in [0.2, 0.25) is 11.8 Å². The van der Waals surface area contributed by atoms with E-state index in [0.717, 1.165) is 16.7 Å². The zero-order chi connectivity index (χ0) is 28.2. The molecule has 0 bridgehead atoms. The first-order chi connectivity index (χ1) is 19.2. The molecule has 2 aliphatic heterocycles. The number of aryl methyl sites for hydroxylation is 2. The minimum atomic E-state index is -1.18. The van der Waals surface area contributed by atoms with Crippen molar-refractivity contribution in [3.8, 4) is 11.5 Å². The molecule has 40 heavy (non-hydrogen) atoms. The molecular formula is C32H27BCl2N2O3. The van der Waals surface area contributed by atoms with Crippen molar-refractivity contribution in [2.45, 2.75) is 38.1 Å². The van der Waals surface area contributed by atoms with Crippen LogP contribution in [0.5, 0.6) is 11.5 Å². The lowest BCUT2D eigenvalue weighted by Gasteiger charge is -2.49. The quantitative estimate of drug-likeness (QED) is 0.362. The van der Waals surface area contributed by atoms with Gasteiger partial charge in [0.15, 0.2) is 0 Å². The van der Waals surface area contributed by atoms with Crippen LogP contribution in [0.25, 0.3) is 0 Å². The van der Waals surface area contributed by atoms with E-state index in [0.29, 0.717) is 44.7 Å². The second kappa shape index (κ2) is 10.2. The molecule has 3 aliphatic rings. The molecule has 6 rings (SSSR count). The van der Waals surface area contributed by atoms with E-state index in [-0.39, 0.29) is 24.2 Å². The predicted molar refractivity (Wildman–Crippen MR) is 160 cm³/mol. The molecule has 2 radical (unpaired) electrons. The number of anilines is 1. The Bertz CT molecular complexity index is 1620. The zero-order valence-electron chi connectivity index (χ0n) is 22.1. The first-order valence-corrected chi connectivity index (χ1v) is 14.0. The van der Waals surface area contributed by atoms with Gasteiger partial charge in [0.1, 0.15) is 24.8 Å². The van der Waals surface area contributed by atoms with E-state index in [1.54, 1.807) is 30.3 Å². The van der Waals surface area contributed by atoms with Crippen molar-refractivity contribution < 1.29 is 14.3 Å². The predicted octanol–water partition coefficient (Wildman–Crippen LogP) is 6.31. The number of nitrogens with one attached hydrogen (secondary N) is 2. The lowest BCUT2D eigenvalue weighted by molar-refractivity contribution is -0.135. The summed E-state index contributed by atoms with van der Waals surface area (Å²) < 4.78 is 6.50. The summed E-state index contributed by atoms with van der Waals surface area (Å²) in [4.78, 5) is 27.8. The van der Waals surface area contributed by atoms with Crippen LogP contribution in [0.1, 0.15) is 41.1 Å². The first-order valence-electron chi connectivity index (χ1n) is 13.2. The second-order valence-electron chi connectivity index (χ2n) is 10.9. The Labute approximate surface area is 245 Å². The minimum absolute atomic E-state index is 0.150. The van der Waals surface area contributed by atoms with Crippen molar-refractivity contribution in [1.29, 1.82) is 0 Å². The molecule has 2 N–H and O–H groups in total. The molecule has 3 aromatic carbocycles. The standard InChI is InChI=1S/C32H27BCl2N2O3/c1-17-6-7-18(2)28(12-17)40-27-11-8-20(33)14-23(27)30-32(24-10-9-22(35)15-26(24)36-31(32)39)25(16-29(38)37-30)19-4-3-5-21(34)13-19/h3-12,14-15,19,25,30H,13,16H2,1-2H3,(H,36,39)(H,37,38)/t19?,25-,30+,32-/m0/s1. The average molecular weight is 569 g/mol. The number of allylic oxidation sites excluding steroid dienone is 4. The van der Waals surface area contributed by atoms with Crippen molar-refractivity contribution in [3.63, 3.8) is 0 Å². The van der Waals surface area contributed by atoms with E-state index in [2.05, 4.69) is 10.6 Å². The molecule has 200 valence electrons. The summed E-state index contributed by atoms with van der Waals surface area (Å²) in [6, 6.07) is 16.0. The maximum absolute atomic E-state index is 14.3. The second-order valence-corrected chi connectivity index (χ2v) is 11.8. The molecule has 0 saturated carbocycles. The molecular weight excluding hydrogens is 542 g/mol. The summed E-state index contributed by atoms with van der Waals surface area (Å²) in [5.74, 6) is 0.286. The van der Waals surface area contributed by atoms with E-state index in [1.807, 2.05) is 56.3 Å². The number of fused-ring (bicyclic) bond motifs is 2. The summed E-state index contributed by atoms with van der Waals surface area (Å²) >= 11 is 12.8. The van der Waals surface area contributed by atoms with Crippen LogP contribution in [0.4, 0.5) is 5.69 Å². The number of amides is 2. The topological polar surface area (TPSA) is 67.4 Å². The molecule has 2 amide bonds. The number of carbonyl (C=O) groups excluding carboxylic acids is 2. The third-order valence-corrected chi connectivity index (χ3v) is 8.81. The van der Waals surface area contributed by atoms with Crippen molar-refractivity contribution >= 4 is 54.0 Å². The van der Waals surface area contributed by atoms with Crippen LogP contribution in [0.2, 0.25) is 5.02 Å². The molecule has 5 nitrogen and oxygen atoms in total. The number of piperidine rings is 1. The van der Waals surface area contributed by atoms with Gasteiger partial charge in [0.25, 0.3) is 0 Å². The van der Waals surface area contributed by atoms with Gasteiger partial charge in [-0.1, -0.05) is 71.1 Å². The third-order valence-electron chi connectivity index (χ3n) is 8.29. The summed E-state index contributed by atoms with van der Waals surface area (Å²) in [5, 5.41) is 7.44. The highest BCUT2D eigenvalue weighted by Gasteiger charge is 2.62. The van der Waals surface area contributed by atoms with Crippen molar-refractivity contribution in [3.05, 3.63) is 105 Å². The van der Waals surface area contributed by atoms with E-state index in [4.69, 9.17) is 35.8 Å². The highest BCUT2D eigenvalue weighted by Crippen LogP contribution is 2.58. The largest absolute Gasteiger partial charge is 0.457 e. The van der Waals surface area contributed by atoms with Crippen LogP contribution < -0.4 is 20.8 Å². The minimum Gasteiger partial charge on any atom is -0.457 e. The van der Waals surface area contributed by atoms with Crippen LogP contribution in [-0.4, -0.2) is 19.7 Å². The van der Waals surface area contributed by atoms with Gasteiger partial charge in [0, 0.05) is 27.7 Å². The Morgan fingerprint density at radius 1 is 0.975 bits per heavy atom. The maximum Gasteiger partial charge on any atom is 0.237 e. The van der Waals surface area contributed by atoms with Crippen LogP contribution in [-0.2, 0) is 15.0 Å². The molecule has 3 aromatic rings. The number of ether oxygens (including phenoxy) is 1. The SMILES string of the molecule is [B]c1ccc(Oc2cc(C)ccc2C)c([C@H]2NC(=O)C[C@@H](C3C=CC=C(Cl)C3)[C@]23C(=O)Nc2cc(Cl)ccc23)c1. The number of halogens is 2. The van der Waals surface area contributed by atoms with Gasteiger partial charge in [-0.05, 0) is 79.1 Å². The lowest BCUT2D eigenvalue weighted by atomic mass is 9.56. The van der Waals surface area contributed by atoms with Crippen LogP contribution in [0, 0.1) is 25.7 Å². The summed E-state index contributed by atoms with van der Waals surface area (Å²) in [7, 11) is 6.33. The van der Waals surface area contributed by atoms with Crippen molar-refractivity contribution in [1.82, 2.24) is 5.32 Å². The fraction of sp³-hybridized carbons (Fsp3) is 0.250. The molecule has 4 atom stereocenters. The molecule has 1 aliphatic carbocycles. The summed E-state index contributed by atoms with van der Waals surface area (Å²) in [6.07, 6.45) is 6.48. The number of benzene rings is 3. The fourth-order valence-corrected chi connectivity index (χ4v) is 6.89. The molecule has 1 fully saturated rings. The first kappa shape index (κ1) is 26.7. The highest BCUT2D eigenvalue weighted by atomic mass is 35.5. The Morgan fingerprint density at radius 3 is 2.60 bits per heavy atom. The highest BCUT2D eigenvalue weighted by molar-refractivity contribution is 6.32. The van der Waals surface area contributed by atoms with Crippen LogP contribution in [0.15, 0.2) is 77.9 Å². The van der Waals surface area contributed by atoms with E-state index in [9.17, 15) is 9.59 Å². The van der Waals surface area contributed by atoms with Crippen molar-refractivity contribution in [2.24, 2.45) is 11.8 Å². The maximum atomic E-state index is 14.3. The Hall–Kier alpha value is -3.48. The molecule has 1 saturated heterocycles. The molecule has 1 unspecified atom stereocenters. The van der Waals surface area contributed by atoms with Crippen LogP contribution >= 0.6 is 23.2 Å². The fourth-order valence-electron chi connectivity index (χ4n) is 6.47. The van der Waals surface area contributed by atoms with Gasteiger partial charge >= 0.3 is 0 Å². The van der Waals surface area contributed by atoms with Gasteiger partial charge in [-0.3, -0.25) is 9.59 Å². The van der Waals surface area contributed by atoms with E-state index < -0.39 is 17.4 Å². The molecule has 2 heterocycles. The average Bonchev–Trinajstić information content (AvgIpc) is 3.19. The third kappa shape index (κ3) is 4.44. The zero-order valence-corrected chi connectivity index (χ0v) is 23.6. The Balaban J connectivity index is 1.57. The number of carbonyl (C=O) groups is 2. The Morgan fingerprint density at radius 2 is 1.80 bits per heavy atom. The van der Waals surface area contributed by atoms with Gasteiger partial charge in [-0.25, -0.2) is 0 Å². The normalized spacial score (nSPS) is 25.3. The van der Waals surface area contributed by atoms with E-state index in [1.165, 1.54) is 0 Å². The van der Waals surface area contributed by atoms with Crippen molar-refractivity contribution in [2.75, 3.05) is 5.32 Å². The number of rotatable bonds is 4. The van der Waals surface area contributed by atoms with Gasteiger partial charge in [0.05, 0.1) is 6.04 Å². The molecule has 8 heteroatoms. The number of hydrogen-bond donors (Lipinski definition) is 2. The van der Waals surface area contributed by atoms with Gasteiger partial charge in [-0.15, -0.1) is 0 Å². The summed E-state index contributed by atoms with van der Waals surface area (Å²) in [5.41, 5.74) is 3.36. The van der Waals surface area contributed by atoms with E-state index >= 15 is 0 Å². The lowest BCUT2D eigenvalue weighted by Crippen LogP contribution is -2.59. The molecule has 0 aromatic heterocycles.